The quantitative estimate of drug-likeness (QED) is 0.826. The Morgan fingerprint density at radius 1 is 1.24 bits per heavy atom. The number of aliphatic hydroxyl groups excluding tert-OH is 1. The van der Waals surface area contributed by atoms with Gasteiger partial charge in [-0.05, 0) is 56.7 Å². The molecule has 1 aliphatic carbocycles. The summed E-state index contributed by atoms with van der Waals surface area (Å²) in [5.74, 6) is -0.129. The van der Waals surface area contributed by atoms with Crippen LogP contribution in [0.3, 0.4) is 0 Å². The Morgan fingerprint density at radius 3 is 2.88 bits per heavy atom. The van der Waals surface area contributed by atoms with Crippen LogP contribution in [0, 0.1) is 0 Å². The van der Waals surface area contributed by atoms with Crippen LogP contribution >= 0.6 is 0 Å². The van der Waals surface area contributed by atoms with Crippen molar-refractivity contribution in [2.75, 3.05) is 18.4 Å². The number of hydrogen-bond donors (Lipinski definition) is 2. The molecule has 3 rings (SSSR count). The molecule has 1 aliphatic heterocycles. The van der Waals surface area contributed by atoms with Gasteiger partial charge in [0.25, 0.3) is 5.91 Å². The molecule has 2 N–H and O–H groups in total. The molecule has 25 heavy (non-hydrogen) atoms. The third kappa shape index (κ3) is 4.92. The fourth-order valence-corrected chi connectivity index (χ4v) is 3.53. The second kappa shape index (κ2) is 8.30. The molecule has 2 aliphatic rings. The number of amides is 2. The van der Waals surface area contributed by atoms with Gasteiger partial charge in [0.1, 0.15) is 0 Å². The molecular formula is C20H26N2O3. The molecule has 2 amide bonds. The zero-order chi connectivity index (χ0) is 17.6. The minimum atomic E-state index is -0.440. The van der Waals surface area contributed by atoms with E-state index < -0.39 is 6.10 Å². The third-order valence-electron chi connectivity index (χ3n) is 4.85. The Bertz CT molecular complexity index is 669. The van der Waals surface area contributed by atoms with E-state index in [0.29, 0.717) is 30.8 Å². The predicted octanol–water partition coefficient (Wildman–Crippen LogP) is 3.11. The fourth-order valence-electron chi connectivity index (χ4n) is 3.53. The van der Waals surface area contributed by atoms with E-state index in [1.54, 1.807) is 29.2 Å². The van der Waals surface area contributed by atoms with Crippen molar-refractivity contribution in [1.29, 1.82) is 0 Å². The smallest absolute Gasteiger partial charge is 0.254 e. The van der Waals surface area contributed by atoms with Crippen LogP contribution in [0.25, 0.3) is 0 Å². The number of anilines is 1. The van der Waals surface area contributed by atoms with Crippen molar-refractivity contribution in [3.05, 3.63) is 41.5 Å². The standard InChI is InChI=1S/C20H26N2O3/c23-18-10-5-11-22(14-18)20(25)16-8-4-9-17(13-16)21-19(24)12-15-6-2-1-3-7-15/h4,6,8-9,13,18,23H,1-3,5,7,10-12,14H2,(H,21,24)/t18-/m1/s1. The van der Waals surface area contributed by atoms with Crippen molar-refractivity contribution in [2.45, 2.75) is 51.0 Å². The molecule has 5 nitrogen and oxygen atoms in total. The molecule has 0 radical (unpaired) electrons. The molecule has 1 aromatic rings. The Morgan fingerprint density at radius 2 is 2.12 bits per heavy atom. The molecule has 0 saturated carbocycles. The van der Waals surface area contributed by atoms with Crippen molar-refractivity contribution >= 4 is 17.5 Å². The Balaban J connectivity index is 1.61. The molecule has 1 atom stereocenters. The van der Waals surface area contributed by atoms with Gasteiger partial charge in [-0.2, -0.15) is 0 Å². The van der Waals surface area contributed by atoms with Crippen LogP contribution in [0.2, 0.25) is 0 Å². The molecule has 1 heterocycles. The number of rotatable bonds is 4. The third-order valence-corrected chi connectivity index (χ3v) is 4.85. The average Bonchev–Trinajstić information content (AvgIpc) is 2.62. The molecule has 0 aromatic heterocycles. The molecule has 1 aromatic carbocycles. The molecular weight excluding hydrogens is 316 g/mol. The van der Waals surface area contributed by atoms with Crippen LogP contribution in [0.15, 0.2) is 35.9 Å². The van der Waals surface area contributed by atoms with E-state index in [-0.39, 0.29) is 11.8 Å². The van der Waals surface area contributed by atoms with Crippen LogP contribution in [-0.2, 0) is 4.79 Å². The number of nitrogens with one attached hydrogen (secondary N) is 1. The predicted molar refractivity (Wildman–Crippen MR) is 97.4 cm³/mol. The van der Waals surface area contributed by atoms with Crippen molar-refractivity contribution in [2.24, 2.45) is 0 Å². The summed E-state index contributed by atoms with van der Waals surface area (Å²) in [6, 6.07) is 7.05. The normalized spacial score (nSPS) is 20.8. The zero-order valence-corrected chi connectivity index (χ0v) is 14.5. The summed E-state index contributed by atoms with van der Waals surface area (Å²) in [7, 11) is 0. The monoisotopic (exact) mass is 342 g/mol. The van der Waals surface area contributed by atoms with Crippen LogP contribution in [-0.4, -0.2) is 41.0 Å². The SMILES string of the molecule is O=C(CC1=CCCCC1)Nc1cccc(C(=O)N2CCC[C@@H](O)C2)c1. The van der Waals surface area contributed by atoms with Gasteiger partial charge < -0.3 is 15.3 Å². The van der Waals surface area contributed by atoms with Gasteiger partial charge >= 0.3 is 0 Å². The zero-order valence-electron chi connectivity index (χ0n) is 14.5. The van der Waals surface area contributed by atoms with Crippen LogP contribution < -0.4 is 5.32 Å². The molecule has 0 unspecified atom stereocenters. The number of hydrogen-bond acceptors (Lipinski definition) is 3. The highest BCUT2D eigenvalue weighted by Crippen LogP contribution is 2.21. The summed E-state index contributed by atoms with van der Waals surface area (Å²) in [5.41, 5.74) is 2.40. The number of carbonyl (C=O) groups excluding carboxylic acids is 2. The fraction of sp³-hybridized carbons (Fsp3) is 0.500. The number of carbonyl (C=O) groups is 2. The van der Waals surface area contributed by atoms with Crippen LogP contribution in [0.5, 0.6) is 0 Å². The Labute approximate surface area is 148 Å². The second-order valence-corrected chi connectivity index (χ2v) is 6.96. The first-order valence-electron chi connectivity index (χ1n) is 9.17. The minimum Gasteiger partial charge on any atom is -0.391 e. The average molecular weight is 342 g/mol. The number of piperidine rings is 1. The summed E-state index contributed by atoms with van der Waals surface area (Å²) in [6.07, 6.45) is 8.15. The minimum absolute atomic E-state index is 0.0360. The van der Waals surface area contributed by atoms with Gasteiger partial charge in [-0.3, -0.25) is 9.59 Å². The molecule has 134 valence electrons. The lowest BCUT2D eigenvalue weighted by Crippen LogP contribution is -2.42. The lowest BCUT2D eigenvalue weighted by molar-refractivity contribution is -0.115. The van der Waals surface area contributed by atoms with Gasteiger partial charge in [-0.15, -0.1) is 0 Å². The van der Waals surface area contributed by atoms with Gasteiger partial charge in [-0.25, -0.2) is 0 Å². The van der Waals surface area contributed by atoms with Crippen molar-refractivity contribution in [3.8, 4) is 0 Å². The highest BCUT2D eigenvalue weighted by atomic mass is 16.3. The van der Waals surface area contributed by atoms with Gasteiger partial charge in [0.05, 0.1) is 6.10 Å². The van der Waals surface area contributed by atoms with Crippen molar-refractivity contribution < 1.29 is 14.7 Å². The van der Waals surface area contributed by atoms with E-state index in [1.165, 1.54) is 12.0 Å². The van der Waals surface area contributed by atoms with Crippen LogP contribution in [0.4, 0.5) is 5.69 Å². The van der Waals surface area contributed by atoms with Gasteiger partial charge in [0.2, 0.25) is 5.91 Å². The first kappa shape index (κ1) is 17.7. The number of β-amino-alcohol motifs (C(OH)–C–C–N with tert-alkyl or cyclic N) is 1. The van der Waals surface area contributed by atoms with Crippen molar-refractivity contribution in [3.63, 3.8) is 0 Å². The first-order chi connectivity index (χ1) is 12.1. The Hall–Kier alpha value is -2.14. The number of nitrogens with zero attached hydrogens (tertiary/aromatic N) is 1. The highest BCUT2D eigenvalue weighted by molar-refractivity contribution is 5.97. The molecule has 0 bridgehead atoms. The van der Waals surface area contributed by atoms with Crippen molar-refractivity contribution in [1.82, 2.24) is 4.90 Å². The molecule has 0 spiro atoms. The topological polar surface area (TPSA) is 69.6 Å². The summed E-state index contributed by atoms with van der Waals surface area (Å²) >= 11 is 0. The molecule has 1 fully saturated rings. The first-order valence-corrected chi connectivity index (χ1v) is 9.17. The molecule has 1 saturated heterocycles. The number of allylic oxidation sites excluding steroid dienone is 1. The molecule has 5 heteroatoms. The second-order valence-electron chi connectivity index (χ2n) is 6.96. The number of aliphatic hydroxyl groups is 1. The maximum absolute atomic E-state index is 12.6. The summed E-state index contributed by atoms with van der Waals surface area (Å²) < 4.78 is 0. The van der Waals surface area contributed by atoms with Gasteiger partial charge in [0.15, 0.2) is 0 Å². The summed E-state index contributed by atoms with van der Waals surface area (Å²) in [4.78, 5) is 26.5. The number of likely N-dealkylation sites (tertiary alicyclic amines) is 1. The summed E-state index contributed by atoms with van der Waals surface area (Å²) in [5, 5.41) is 12.6. The van der Waals surface area contributed by atoms with E-state index in [0.717, 1.165) is 32.1 Å². The van der Waals surface area contributed by atoms with E-state index in [2.05, 4.69) is 11.4 Å². The van der Waals surface area contributed by atoms with Gasteiger partial charge in [0, 0.05) is 30.8 Å². The van der Waals surface area contributed by atoms with E-state index in [4.69, 9.17) is 0 Å². The van der Waals surface area contributed by atoms with Crippen LogP contribution in [0.1, 0.15) is 55.3 Å². The van der Waals surface area contributed by atoms with Gasteiger partial charge in [-0.1, -0.05) is 17.7 Å². The lowest BCUT2D eigenvalue weighted by Gasteiger charge is -2.30. The lowest BCUT2D eigenvalue weighted by atomic mass is 9.97. The van der Waals surface area contributed by atoms with E-state index >= 15 is 0 Å². The highest BCUT2D eigenvalue weighted by Gasteiger charge is 2.23. The Kier molecular flexibility index (Phi) is 5.87. The maximum atomic E-state index is 12.6. The maximum Gasteiger partial charge on any atom is 0.254 e. The van der Waals surface area contributed by atoms with E-state index in [9.17, 15) is 14.7 Å². The largest absolute Gasteiger partial charge is 0.391 e. The summed E-state index contributed by atoms with van der Waals surface area (Å²) in [6.45, 7) is 1.05. The van der Waals surface area contributed by atoms with E-state index in [1.807, 2.05) is 0 Å². The number of benzene rings is 1.